The molecule has 0 atom stereocenters. The van der Waals surface area contributed by atoms with Gasteiger partial charge in [0.1, 0.15) is 5.65 Å². The molecule has 4 aromatic heterocycles. The molecule has 7 heteroatoms. The van der Waals surface area contributed by atoms with Crippen LogP contribution in [0.1, 0.15) is 0 Å². The van der Waals surface area contributed by atoms with Crippen molar-refractivity contribution in [2.45, 2.75) is 0 Å². The van der Waals surface area contributed by atoms with E-state index in [2.05, 4.69) is 60.4 Å². The molecule has 5 rings (SSSR count). The molecule has 0 aliphatic rings. The summed E-state index contributed by atoms with van der Waals surface area (Å²) in [7, 11) is 3.81. The van der Waals surface area contributed by atoms with Gasteiger partial charge < -0.3 is 9.55 Å². The molecule has 0 spiro atoms. The van der Waals surface area contributed by atoms with Gasteiger partial charge in [-0.3, -0.25) is 0 Å². The van der Waals surface area contributed by atoms with Crippen molar-refractivity contribution >= 4 is 21.9 Å². The molecule has 122 valence electrons. The van der Waals surface area contributed by atoms with Crippen LogP contribution in [0, 0.1) is 0 Å². The Kier molecular flexibility index (Phi) is 2.79. The van der Waals surface area contributed by atoms with Crippen molar-refractivity contribution in [1.82, 2.24) is 34.7 Å². The zero-order valence-electron chi connectivity index (χ0n) is 13.8. The number of aromatic amines is 1. The summed E-state index contributed by atoms with van der Waals surface area (Å²) in [4.78, 5) is 9.26. The van der Waals surface area contributed by atoms with Crippen molar-refractivity contribution in [2.75, 3.05) is 0 Å². The molecule has 25 heavy (non-hydrogen) atoms. The summed E-state index contributed by atoms with van der Waals surface area (Å²) in [6.07, 6.45) is 3.92. The van der Waals surface area contributed by atoms with Crippen LogP contribution in [0.4, 0.5) is 0 Å². The smallest absolute Gasteiger partial charge is 0.204 e. The van der Waals surface area contributed by atoms with E-state index in [1.165, 1.54) is 4.80 Å². The van der Waals surface area contributed by atoms with E-state index in [1.54, 1.807) is 13.2 Å². The van der Waals surface area contributed by atoms with Gasteiger partial charge in [-0.25, -0.2) is 4.98 Å². The van der Waals surface area contributed by atoms with Crippen LogP contribution in [0.15, 0.2) is 48.8 Å². The van der Waals surface area contributed by atoms with E-state index < -0.39 is 0 Å². The van der Waals surface area contributed by atoms with Gasteiger partial charge in [-0.2, -0.15) is 4.80 Å². The number of hydrogen-bond acceptors (Lipinski definition) is 4. The monoisotopic (exact) mass is 329 g/mol. The van der Waals surface area contributed by atoms with Crippen molar-refractivity contribution in [3.8, 4) is 22.6 Å². The van der Waals surface area contributed by atoms with Gasteiger partial charge in [0.15, 0.2) is 0 Å². The number of tetrazole rings is 1. The zero-order chi connectivity index (χ0) is 17.0. The summed E-state index contributed by atoms with van der Waals surface area (Å²) >= 11 is 0. The van der Waals surface area contributed by atoms with Crippen LogP contribution in [-0.2, 0) is 14.1 Å². The average molecular weight is 329 g/mol. The van der Waals surface area contributed by atoms with Gasteiger partial charge in [-0.15, -0.1) is 10.2 Å². The van der Waals surface area contributed by atoms with Gasteiger partial charge in [0.25, 0.3) is 0 Å². The van der Waals surface area contributed by atoms with Gasteiger partial charge in [0, 0.05) is 52.6 Å². The highest BCUT2D eigenvalue weighted by molar-refractivity contribution is 5.99. The Hall–Kier alpha value is -3.48. The molecule has 4 heterocycles. The fraction of sp³-hybridized carbons (Fsp3) is 0.111. The van der Waals surface area contributed by atoms with Crippen LogP contribution >= 0.6 is 0 Å². The van der Waals surface area contributed by atoms with E-state index in [4.69, 9.17) is 0 Å². The van der Waals surface area contributed by atoms with E-state index in [0.29, 0.717) is 5.82 Å². The largest absolute Gasteiger partial charge is 0.350 e. The minimum absolute atomic E-state index is 0.623. The fourth-order valence-electron chi connectivity index (χ4n) is 3.25. The Morgan fingerprint density at radius 2 is 2.00 bits per heavy atom. The maximum absolute atomic E-state index is 4.39. The highest BCUT2D eigenvalue weighted by atomic mass is 15.6. The van der Waals surface area contributed by atoms with E-state index in [9.17, 15) is 0 Å². The molecule has 7 nitrogen and oxygen atoms in total. The summed E-state index contributed by atoms with van der Waals surface area (Å²) in [6.45, 7) is 0. The highest BCUT2D eigenvalue weighted by Gasteiger charge is 2.14. The number of aromatic nitrogens is 7. The second-order valence-corrected chi connectivity index (χ2v) is 6.11. The Labute approximate surface area is 142 Å². The topological polar surface area (TPSA) is 77.2 Å². The van der Waals surface area contributed by atoms with Crippen LogP contribution < -0.4 is 0 Å². The summed E-state index contributed by atoms with van der Waals surface area (Å²) in [5.41, 5.74) is 5.16. The number of hydrogen-bond donors (Lipinski definition) is 1. The third kappa shape index (κ3) is 2.13. The Bertz CT molecular complexity index is 1190. The molecule has 0 saturated carbocycles. The molecule has 1 aromatic carbocycles. The molecule has 0 fully saturated rings. The lowest BCUT2D eigenvalue weighted by atomic mass is 10.1. The van der Waals surface area contributed by atoms with Crippen LogP contribution in [0.3, 0.4) is 0 Å². The number of rotatable bonds is 2. The summed E-state index contributed by atoms with van der Waals surface area (Å²) in [5, 5.41) is 14.6. The van der Waals surface area contributed by atoms with E-state index >= 15 is 0 Å². The minimum Gasteiger partial charge on any atom is -0.350 e. The minimum atomic E-state index is 0.623. The second-order valence-electron chi connectivity index (χ2n) is 6.11. The van der Waals surface area contributed by atoms with Crippen molar-refractivity contribution in [3.05, 3.63) is 48.8 Å². The van der Waals surface area contributed by atoms with Gasteiger partial charge in [0.2, 0.25) is 5.82 Å². The summed E-state index contributed by atoms with van der Waals surface area (Å²) < 4.78 is 2.12. The van der Waals surface area contributed by atoms with Crippen LogP contribution in [0.2, 0.25) is 0 Å². The van der Waals surface area contributed by atoms with E-state index in [0.717, 1.165) is 38.8 Å². The standard InChI is InChI=1S/C18H15N7/c1-24-10-14(15-9-11-4-3-7-19-17(11)20-15)13-8-12(5-6-16(13)24)18-21-23-25(2)22-18/h3-10H,1-2H3,(H,19,20). The molecule has 0 unspecified atom stereocenters. The fourth-order valence-corrected chi connectivity index (χ4v) is 3.25. The number of fused-ring (bicyclic) bond motifs is 2. The molecule has 0 amide bonds. The summed E-state index contributed by atoms with van der Waals surface area (Å²) in [5.74, 6) is 0.623. The number of H-pyrrole nitrogens is 1. The third-order valence-electron chi connectivity index (χ3n) is 4.44. The number of pyridine rings is 1. The predicted molar refractivity (Wildman–Crippen MR) is 95.8 cm³/mol. The van der Waals surface area contributed by atoms with Gasteiger partial charge in [-0.1, -0.05) is 0 Å². The Morgan fingerprint density at radius 1 is 1.08 bits per heavy atom. The van der Waals surface area contributed by atoms with Gasteiger partial charge in [0.05, 0.1) is 7.05 Å². The molecule has 0 radical (unpaired) electrons. The van der Waals surface area contributed by atoms with Crippen LogP contribution in [0.25, 0.3) is 44.6 Å². The quantitative estimate of drug-likeness (QED) is 0.540. The molecule has 0 aliphatic heterocycles. The molecular formula is C18H15N7. The Morgan fingerprint density at radius 3 is 2.80 bits per heavy atom. The average Bonchev–Trinajstić information content (AvgIpc) is 3.31. The van der Waals surface area contributed by atoms with Crippen molar-refractivity contribution < 1.29 is 0 Å². The van der Waals surface area contributed by atoms with Gasteiger partial charge >= 0.3 is 0 Å². The number of nitrogens with zero attached hydrogens (tertiary/aromatic N) is 6. The lowest BCUT2D eigenvalue weighted by molar-refractivity contribution is 0.630. The van der Waals surface area contributed by atoms with Crippen LogP contribution in [0.5, 0.6) is 0 Å². The third-order valence-corrected chi connectivity index (χ3v) is 4.44. The predicted octanol–water partition coefficient (Wildman–Crippen LogP) is 2.91. The first-order valence-electron chi connectivity index (χ1n) is 7.96. The second kappa shape index (κ2) is 5.01. The number of aryl methyl sites for hydroxylation is 2. The maximum atomic E-state index is 4.39. The molecular weight excluding hydrogens is 314 g/mol. The van der Waals surface area contributed by atoms with E-state index in [-0.39, 0.29) is 0 Å². The number of benzene rings is 1. The lowest BCUT2D eigenvalue weighted by Crippen LogP contribution is -1.91. The van der Waals surface area contributed by atoms with Crippen LogP contribution in [-0.4, -0.2) is 34.7 Å². The first kappa shape index (κ1) is 13.9. The Balaban J connectivity index is 1.74. The maximum Gasteiger partial charge on any atom is 0.204 e. The number of nitrogens with one attached hydrogen (secondary N) is 1. The normalized spacial score (nSPS) is 11.6. The van der Waals surface area contributed by atoms with E-state index in [1.807, 2.05) is 19.2 Å². The first-order chi connectivity index (χ1) is 12.2. The SMILES string of the molecule is Cn1nnc(-c2ccc3c(c2)c(-c2cc4cccnc4[nH]2)cn3C)n1. The van der Waals surface area contributed by atoms with Gasteiger partial charge in [-0.05, 0) is 41.6 Å². The molecule has 0 bridgehead atoms. The highest BCUT2D eigenvalue weighted by Crippen LogP contribution is 2.33. The van der Waals surface area contributed by atoms with Crippen molar-refractivity contribution in [1.29, 1.82) is 0 Å². The van der Waals surface area contributed by atoms with Crippen molar-refractivity contribution in [2.24, 2.45) is 14.1 Å². The molecule has 5 aromatic rings. The first-order valence-corrected chi connectivity index (χ1v) is 7.96. The summed E-state index contributed by atoms with van der Waals surface area (Å²) in [6, 6.07) is 12.4. The molecule has 0 aliphatic carbocycles. The molecule has 1 N–H and O–H groups in total. The molecule has 0 saturated heterocycles. The zero-order valence-corrected chi connectivity index (χ0v) is 13.8. The van der Waals surface area contributed by atoms with Crippen molar-refractivity contribution in [3.63, 3.8) is 0 Å². The lowest BCUT2D eigenvalue weighted by Gasteiger charge is -1.99.